The molecule has 0 aromatic heterocycles. The molecule has 3 aromatic rings. The van der Waals surface area contributed by atoms with Crippen LogP contribution in [0.2, 0.25) is 0 Å². The van der Waals surface area contributed by atoms with Gasteiger partial charge in [0.1, 0.15) is 0 Å². The van der Waals surface area contributed by atoms with Gasteiger partial charge in [0.15, 0.2) is 0 Å². The largest absolute Gasteiger partial charge is 0.416 e. The van der Waals surface area contributed by atoms with E-state index < -0.39 is 11.7 Å². The summed E-state index contributed by atoms with van der Waals surface area (Å²) in [5.74, 6) is 0. The maximum Gasteiger partial charge on any atom is 0.416 e. The van der Waals surface area contributed by atoms with Crippen LogP contribution in [-0.4, -0.2) is 6.18 Å². The molecule has 0 heterocycles. The van der Waals surface area contributed by atoms with Gasteiger partial charge in [-0.2, -0.15) is 13.2 Å². The number of hydrogen-bond donors (Lipinski definition) is 0. The monoisotopic (exact) mass is 298 g/mol. The minimum atomic E-state index is -4.40. The fourth-order valence-electron chi connectivity index (χ4n) is 2.49. The molecule has 110 valence electrons. The molecule has 0 aliphatic rings. The summed E-state index contributed by atoms with van der Waals surface area (Å²) in [4.78, 5) is 0. The molecule has 0 fully saturated rings. The van der Waals surface area contributed by atoms with Crippen molar-refractivity contribution in [1.29, 1.82) is 0 Å². The molecule has 0 N–H and O–H groups in total. The number of hydrogen-bond acceptors (Lipinski definition) is 0. The zero-order chi connectivity index (χ0) is 15.7. The van der Waals surface area contributed by atoms with Crippen LogP contribution in [-0.2, 0) is 0 Å². The van der Waals surface area contributed by atoms with E-state index in [9.17, 15) is 13.2 Å². The Bertz CT molecular complexity index is 822. The van der Waals surface area contributed by atoms with E-state index in [4.69, 9.17) is 0 Å². The molecule has 0 radical (unpaired) electrons. The van der Waals surface area contributed by atoms with Crippen molar-refractivity contribution in [1.82, 2.24) is 0 Å². The molecular formula is C19H13F3. The SMILES string of the molecule is C=C(c1ccc(-c2cccc3ccccc23)cc1)C(F)(F)F. The Morgan fingerprint density at radius 3 is 2.09 bits per heavy atom. The highest BCUT2D eigenvalue weighted by Gasteiger charge is 2.32. The number of halogens is 3. The Morgan fingerprint density at radius 2 is 1.41 bits per heavy atom. The van der Waals surface area contributed by atoms with E-state index in [1.807, 2.05) is 42.5 Å². The molecule has 0 aliphatic carbocycles. The summed E-state index contributed by atoms with van der Waals surface area (Å²) in [5, 5.41) is 2.18. The molecule has 0 aliphatic heterocycles. The summed E-state index contributed by atoms with van der Waals surface area (Å²) in [6.45, 7) is 3.12. The van der Waals surface area contributed by atoms with E-state index in [-0.39, 0.29) is 5.56 Å². The quantitative estimate of drug-likeness (QED) is 0.537. The van der Waals surface area contributed by atoms with Crippen molar-refractivity contribution in [3.05, 3.63) is 78.9 Å². The van der Waals surface area contributed by atoms with Crippen LogP contribution in [0, 0.1) is 0 Å². The molecule has 0 saturated carbocycles. The lowest BCUT2D eigenvalue weighted by Crippen LogP contribution is -2.09. The summed E-state index contributed by atoms with van der Waals surface area (Å²) in [7, 11) is 0. The van der Waals surface area contributed by atoms with Crippen molar-refractivity contribution in [3.8, 4) is 11.1 Å². The second-order valence-corrected chi connectivity index (χ2v) is 5.08. The van der Waals surface area contributed by atoms with Gasteiger partial charge in [-0.25, -0.2) is 0 Å². The highest BCUT2D eigenvalue weighted by Crippen LogP contribution is 2.34. The number of benzene rings is 3. The minimum absolute atomic E-state index is 0.0940. The highest BCUT2D eigenvalue weighted by atomic mass is 19.4. The number of fused-ring (bicyclic) bond motifs is 1. The second kappa shape index (κ2) is 5.34. The summed E-state index contributed by atoms with van der Waals surface area (Å²) in [6.07, 6.45) is -4.40. The molecule has 3 heteroatoms. The first-order valence-electron chi connectivity index (χ1n) is 6.81. The molecule has 22 heavy (non-hydrogen) atoms. The standard InChI is InChI=1S/C19H13F3/c1-13(19(20,21)22)14-9-11-16(12-10-14)18-8-4-6-15-5-2-3-7-17(15)18/h2-12H,1H2. The molecule has 0 spiro atoms. The van der Waals surface area contributed by atoms with Gasteiger partial charge in [-0.3, -0.25) is 0 Å². The lowest BCUT2D eigenvalue weighted by Gasteiger charge is -2.11. The van der Waals surface area contributed by atoms with E-state index >= 15 is 0 Å². The third-order valence-electron chi connectivity index (χ3n) is 3.68. The van der Waals surface area contributed by atoms with E-state index in [2.05, 4.69) is 6.58 Å². The second-order valence-electron chi connectivity index (χ2n) is 5.08. The van der Waals surface area contributed by atoms with Gasteiger partial charge in [0, 0.05) is 0 Å². The van der Waals surface area contributed by atoms with Crippen LogP contribution >= 0.6 is 0 Å². The zero-order valence-corrected chi connectivity index (χ0v) is 11.7. The van der Waals surface area contributed by atoms with Crippen molar-refractivity contribution in [2.24, 2.45) is 0 Å². The van der Waals surface area contributed by atoms with E-state index in [0.717, 1.165) is 21.9 Å². The third-order valence-corrected chi connectivity index (χ3v) is 3.68. The minimum Gasteiger partial charge on any atom is -0.166 e. The van der Waals surface area contributed by atoms with Crippen molar-refractivity contribution in [3.63, 3.8) is 0 Å². The molecule has 3 aromatic carbocycles. The maximum absolute atomic E-state index is 12.7. The Hall–Kier alpha value is -2.55. The first-order valence-corrected chi connectivity index (χ1v) is 6.81. The smallest absolute Gasteiger partial charge is 0.166 e. The molecule has 0 unspecified atom stereocenters. The molecular weight excluding hydrogens is 285 g/mol. The third kappa shape index (κ3) is 2.62. The number of alkyl halides is 3. The number of rotatable bonds is 2. The molecule has 0 bridgehead atoms. The van der Waals surface area contributed by atoms with Crippen LogP contribution in [0.1, 0.15) is 5.56 Å². The van der Waals surface area contributed by atoms with Gasteiger partial charge < -0.3 is 0 Å². The van der Waals surface area contributed by atoms with Crippen molar-refractivity contribution in [2.45, 2.75) is 6.18 Å². The maximum atomic E-state index is 12.7. The van der Waals surface area contributed by atoms with Gasteiger partial charge in [0.25, 0.3) is 0 Å². The van der Waals surface area contributed by atoms with Crippen LogP contribution in [0.15, 0.2) is 73.3 Å². The fourth-order valence-corrected chi connectivity index (χ4v) is 2.49. The van der Waals surface area contributed by atoms with Crippen molar-refractivity contribution in [2.75, 3.05) is 0 Å². The summed E-state index contributed by atoms with van der Waals surface area (Å²) >= 11 is 0. The zero-order valence-electron chi connectivity index (χ0n) is 11.7. The van der Waals surface area contributed by atoms with Gasteiger partial charge >= 0.3 is 6.18 Å². The summed E-state index contributed by atoms with van der Waals surface area (Å²) in [5.41, 5.74) is 1.16. The number of allylic oxidation sites excluding steroid dienone is 1. The van der Waals surface area contributed by atoms with Crippen molar-refractivity contribution >= 4 is 16.3 Å². The Morgan fingerprint density at radius 1 is 0.773 bits per heavy atom. The molecule has 3 rings (SSSR count). The van der Waals surface area contributed by atoms with E-state index in [0.29, 0.717) is 0 Å². The predicted octanol–water partition coefficient (Wildman–Crippen LogP) is 6.08. The van der Waals surface area contributed by atoms with E-state index in [1.165, 1.54) is 12.1 Å². The molecule has 0 nitrogen and oxygen atoms in total. The van der Waals surface area contributed by atoms with Crippen LogP contribution in [0.3, 0.4) is 0 Å². The van der Waals surface area contributed by atoms with Gasteiger partial charge in [-0.05, 0) is 27.5 Å². The van der Waals surface area contributed by atoms with Crippen molar-refractivity contribution < 1.29 is 13.2 Å². The first-order chi connectivity index (χ1) is 10.5. The lowest BCUT2D eigenvalue weighted by atomic mass is 9.96. The van der Waals surface area contributed by atoms with Gasteiger partial charge in [0.2, 0.25) is 0 Å². The summed E-state index contributed by atoms with van der Waals surface area (Å²) < 4.78 is 38.0. The van der Waals surface area contributed by atoms with Gasteiger partial charge in [-0.15, -0.1) is 0 Å². The predicted molar refractivity (Wildman–Crippen MR) is 84.5 cm³/mol. The van der Waals surface area contributed by atoms with Gasteiger partial charge in [0.05, 0.1) is 5.57 Å². The Kier molecular flexibility index (Phi) is 3.49. The van der Waals surface area contributed by atoms with E-state index in [1.54, 1.807) is 12.1 Å². The van der Waals surface area contributed by atoms with Crippen LogP contribution < -0.4 is 0 Å². The lowest BCUT2D eigenvalue weighted by molar-refractivity contribution is -0.0686. The van der Waals surface area contributed by atoms with Crippen LogP contribution in [0.25, 0.3) is 27.5 Å². The molecule has 0 saturated heterocycles. The average Bonchev–Trinajstić information content (AvgIpc) is 2.53. The average molecular weight is 298 g/mol. The normalized spacial score (nSPS) is 11.6. The Labute approximate surface area is 126 Å². The van der Waals surface area contributed by atoms with Crippen LogP contribution in [0.5, 0.6) is 0 Å². The van der Waals surface area contributed by atoms with Gasteiger partial charge in [-0.1, -0.05) is 73.3 Å². The molecule has 0 amide bonds. The van der Waals surface area contributed by atoms with Crippen LogP contribution in [0.4, 0.5) is 13.2 Å². The Balaban J connectivity index is 2.04. The molecule has 0 atom stereocenters. The highest BCUT2D eigenvalue weighted by molar-refractivity contribution is 5.96. The fraction of sp³-hybridized carbons (Fsp3) is 0.0526. The summed E-state index contributed by atoms with van der Waals surface area (Å²) in [6, 6.07) is 20.2. The first kappa shape index (κ1) is 14.4. The topological polar surface area (TPSA) is 0 Å².